The van der Waals surface area contributed by atoms with Crippen LogP contribution in [-0.4, -0.2) is 35.1 Å². The van der Waals surface area contributed by atoms with Gasteiger partial charge in [0, 0.05) is 16.5 Å². The van der Waals surface area contributed by atoms with E-state index in [2.05, 4.69) is 0 Å². The van der Waals surface area contributed by atoms with E-state index in [1.165, 1.54) is 11.8 Å². The van der Waals surface area contributed by atoms with Crippen molar-refractivity contribution in [1.29, 1.82) is 0 Å². The summed E-state index contributed by atoms with van der Waals surface area (Å²) < 4.78 is 0. The molecular weight excluding hydrogens is 331 g/mol. The van der Waals surface area contributed by atoms with Gasteiger partial charge >= 0.3 is 0 Å². The van der Waals surface area contributed by atoms with Crippen molar-refractivity contribution < 1.29 is 9.59 Å². The van der Waals surface area contributed by atoms with Crippen LogP contribution in [0.2, 0.25) is 10.0 Å². The number of amides is 2. The minimum atomic E-state index is -0.485. The lowest BCUT2D eigenvalue weighted by atomic mass is 10.0. The van der Waals surface area contributed by atoms with Crippen molar-refractivity contribution in [2.75, 3.05) is 12.3 Å². The van der Waals surface area contributed by atoms with Crippen LogP contribution < -0.4 is 5.73 Å². The number of piperidine rings is 1. The average molecular weight is 347 g/mol. The normalized spacial score (nSPS) is 18.6. The Hall–Kier alpha value is -0.910. The number of halogens is 2. The number of hydrogen-bond acceptors (Lipinski definition) is 3. The van der Waals surface area contributed by atoms with E-state index in [-0.39, 0.29) is 11.7 Å². The van der Waals surface area contributed by atoms with Crippen molar-refractivity contribution in [3.63, 3.8) is 0 Å². The molecule has 1 atom stereocenters. The quantitative estimate of drug-likeness (QED) is 0.852. The molecule has 2 rings (SSSR count). The van der Waals surface area contributed by atoms with E-state index in [4.69, 9.17) is 28.9 Å². The number of benzene rings is 1. The highest BCUT2D eigenvalue weighted by Crippen LogP contribution is 2.30. The van der Waals surface area contributed by atoms with Gasteiger partial charge in [0.15, 0.2) is 0 Å². The molecule has 0 saturated carbocycles. The molecular formula is C14H16Cl2N2O2S. The Morgan fingerprint density at radius 1 is 1.33 bits per heavy atom. The van der Waals surface area contributed by atoms with Gasteiger partial charge in [-0.25, -0.2) is 0 Å². The lowest BCUT2D eigenvalue weighted by molar-refractivity contribution is -0.138. The molecule has 1 aliphatic rings. The summed E-state index contributed by atoms with van der Waals surface area (Å²) in [5.74, 6) is -0.322. The number of carbonyl (C=O) groups excluding carboxylic acids is 2. The van der Waals surface area contributed by atoms with E-state index in [1.807, 2.05) is 0 Å². The van der Waals surface area contributed by atoms with E-state index in [1.54, 1.807) is 23.1 Å². The highest BCUT2D eigenvalue weighted by Gasteiger charge is 2.30. The predicted molar refractivity (Wildman–Crippen MR) is 85.7 cm³/mol. The summed E-state index contributed by atoms with van der Waals surface area (Å²) >= 11 is 13.3. The number of likely N-dealkylation sites (tertiary alicyclic amines) is 1. The summed E-state index contributed by atoms with van der Waals surface area (Å²) in [6.45, 7) is 0.580. The van der Waals surface area contributed by atoms with Gasteiger partial charge < -0.3 is 10.6 Å². The largest absolute Gasteiger partial charge is 0.368 e. The number of nitrogens with zero attached hydrogens (tertiary/aromatic N) is 1. The molecule has 0 spiro atoms. The molecule has 1 aliphatic heterocycles. The number of rotatable bonds is 4. The summed E-state index contributed by atoms with van der Waals surface area (Å²) in [7, 11) is 0. The molecule has 4 nitrogen and oxygen atoms in total. The molecule has 1 fully saturated rings. The van der Waals surface area contributed by atoms with Gasteiger partial charge in [0.25, 0.3) is 0 Å². The fraction of sp³-hybridized carbons (Fsp3) is 0.429. The number of carbonyl (C=O) groups is 2. The average Bonchev–Trinajstić information content (AvgIpc) is 2.47. The first-order chi connectivity index (χ1) is 9.99. The Morgan fingerprint density at radius 2 is 2.10 bits per heavy atom. The minimum Gasteiger partial charge on any atom is -0.368 e. The highest BCUT2D eigenvalue weighted by molar-refractivity contribution is 8.00. The predicted octanol–water partition coefficient (Wildman–Crippen LogP) is 2.95. The van der Waals surface area contributed by atoms with Crippen LogP contribution >= 0.6 is 35.0 Å². The number of nitrogens with two attached hydrogens (primary N) is 1. The van der Waals surface area contributed by atoms with Gasteiger partial charge in [-0.15, -0.1) is 11.8 Å². The third-order valence-corrected chi connectivity index (χ3v) is 5.11. The van der Waals surface area contributed by atoms with E-state index in [0.717, 1.165) is 17.7 Å². The summed E-state index contributed by atoms with van der Waals surface area (Å²) in [5.41, 5.74) is 5.37. The third kappa shape index (κ3) is 4.28. The maximum absolute atomic E-state index is 12.3. The number of thioether (sulfide) groups is 1. The van der Waals surface area contributed by atoms with Crippen molar-refractivity contribution in [2.45, 2.75) is 30.2 Å². The van der Waals surface area contributed by atoms with Crippen LogP contribution in [0.25, 0.3) is 0 Å². The molecule has 1 heterocycles. The molecule has 0 unspecified atom stereocenters. The van der Waals surface area contributed by atoms with Gasteiger partial charge in [-0.2, -0.15) is 0 Å². The Morgan fingerprint density at radius 3 is 2.81 bits per heavy atom. The maximum atomic E-state index is 12.3. The van der Waals surface area contributed by atoms with Crippen LogP contribution in [0.15, 0.2) is 23.1 Å². The molecule has 2 N–H and O–H groups in total. The van der Waals surface area contributed by atoms with Crippen molar-refractivity contribution in [2.24, 2.45) is 5.73 Å². The van der Waals surface area contributed by atoms with E-state index < -0.39 is 11.9 Å². The van der Waals surface area contributed by atoms with Crippen LogP contribution in [0.3, 0.4) is 0 Å². The van der Waals surface area contributed by atoms with Gasteiger partial charge in [0.1, 0.15) is 6.04 Å². The molecule has 0 aromatic heterocycles. The zero-order valence-corrected chi connectivity index (χ0v) is 13.7. The van der Waals surface area contributed by atoms with Crippen molar-refractivity contribution >= 4 is 46.8 Å². The smallest absolute Gasteiger partial charge is 0.240 e. The lowest BCUT2D eigenvalue weighted by Crippen LogP contribution is -2.51. The van der Waals surface area contributed by atoms with Crippen LogP contribution in [0.5, 0.6) is 0 Å². The number of hydrogen-bond donors (Lipinski definition) is 1. The van der Waals surface area contributed by atoms with E-state index in [9.17, 15) is 9.59 Å². The van der Waals surface area contributed by atoms with E-state index >= 15 is 0 Å². The van der Waals surface area contributed by atoms with Crippen molar-refractivity contribution in [3.05, 3.63) is 28.2 Å². The highest BCUT2D eigenvalue weighted by atomic mass is 35.5. The first-order valence-corrected chi connectivity index (χ1v) is 8.40. The van der Waals surface area contributed by atoms with Crippen molar-refractivity contribution in [1.82, 2.24) is 4.90 Å². The van der Waals surface area contributed by atoms with Gasteiger partial charge in [-0.05, 0) is 37.5 Å². The van der Waals surface area contributed by atoms with Gasteiger partial charge in [-0.3, -0.25) is 9.59 Å². The Bertz CT molecular complexity index is 554. The molecule has 1 aromatic rings. The summed E-state index contributed by atoms with van der Waals surface area (Å²) in [4.78, 5) is 26.1. The third-order valence-electron chi connectivity index (χ3n) is 3.40. The standard InChI is InChI=1S/C14H16Cl2N2O2S/c15-9-4-5-10(16)12(7-9)21-8-13(19)18-6-2-1-3-11(18)14(17)20/h4-5,7,11H,1-3,6,8H2,(H2,17,20)/t11-/m0/s1. The summed E-state index contributed by atoms with van der Waals surface area (Å²) in [6.07, 6.45) is 2.46. The molecule has 114 valence electrons. The molecule has 2 amide bonds. The SMILES string of the molecule is NC(=O)[C@@H]1CCCCN1C(=O)CSc1cc(Cl)ccc1Cl. The second-order valence-corrected chi connectivity index (χ2v) is 6.73. The zero-order valence-electron chi connectivity index (χ0n) is 11.4. The Balaban J connectivity index is 2.00. The fourth-order valence-corrected chi connectivity index (χ4v) is 3.72. The summed E-state index contributed by atoms with van der Waals surface area (Å²) in [5, 5.41) is 1.13. The molecule has 0 radical (unpaired) electrons. The maximum Gasteiger partial charge on any atom is 0.240 e. The van der Waals surface area contributed by atoms with Crippen molar-refractivity contribution in [3.8, 4) is 0 Å². The minimum absolute atomic E-state index is 0.0976. The zero-order chi connectivity index (χ0) is 15.4. The molecule has 0 aliphatic carbocycles. The topological polar surface area (TPSA) is 63.4 Å². The van der Waals surface area contributed by atoms with Gasteiger partial charge in [0.2, 0.25) is 11.8 Å². The summed E-state index contributed by atoms with van der Waals surface area (Å²) in [6, 6.07) is 4.64. The molecule has 7 heteroatoms. The molecule has 1 saturated heterocycles. The van der Waals surface area contributed by atoms with Gasteiger partial charge in [0.05, 0.1) is 10.8 Å². The fourth-order valence-electron chi connectivity index (χ4n) is 2.34. The van der Waals surface area contributed by atoms with Crippen LogP contribution in [0.4, 0.5) is 0 Å². The van der Waals surface area contributed by atoms with Gasteiger partial charge in [-0.1, -0.05) is 23.2 Å². The van der Waals surface area contributed by atoms with Crippen LogP contribution in [-0.2, 0) is 9.59 Å². The van der Waals surface area contributed by atoms with Crippen LogP contribution in [0.1, 0.15) is 19.3 Å². The monoisotopic (exact) mass is 346 g/mol. The van der Waals surface area contributed by atoms with E-state index in [0.29, 0.717) is 23.0 Å². The molecule has 1 aromatic carbocycles. The Labute approximate surface area is 137 Å². The van der Waals surface area contributed by atoms with Crippen LogP contribution in [0, 0.1) is 0 Å². The second-order valence-electron chi connectivity index (χ2n) is 4.86. The Kier molecular flexibility index (Phi) is 5.79. The molecule has 0 bridgehead atoms. The first-order valence-electron chi connectivity index (χ1n) is 6.65. The number of primary amides is 1. The molecule has 21 heavy (non-hydrogen) atoms. The first kappa shape index (κ1) is 16.5. The second kappa shape index (κ2) is 7.38. The lowest BCUT2D eigenvalue weighted by Gasteiger charge is -2.33.